The monoisotopic (exact) mass is 298 g/mol. The van der Waals surface area contributed by atoms with Crippen molar-refractivity contribution in [2.24, 2.45) is 7.05 Å². The SMILES string of the molecule is CCN1CCN(C(=O)c2cnn(C)c2-c2ccccc2)CC1. The van der Waals surface area contributed by atoms with Gasteiger partial charge in [-0.05, 0) is 6.54 Å². The van der Waals surface area contributed by atoms with Crippen LogP contribution in [0.2, 0.25) is 0 Å². The van der Waals surface area contributed by atoms with E-state index in [0.717, 1.165) is 44.0 Å². The number of carbonyl (C=O) groups is 1. The third kappa shape index (κ3) is 2.76. The van der Waals surface area contributed by atoms with Gasteiger partial charge in [-0.1, -0.05) is 37.3 Å². The zero-order valence-electron chi connectivity index (χ0n) is 13.2. The molecule has 0 saturated carbocycles. The molecule has 1 aliphatic heterocycles. The second-order valence-electron chi connectivity index (χ2n) is 5.62. The van der Waals surface area contributed by atoms with E-state index >= 15 is 0 Å². The summed E-state index contributed by atoms with van der Waals surface area (Å²) in [7, 11) is 1.88. The number of aromatic nitrogens is 2. The normalized spacial score (nSPS) is 16.0. The van der Waals surface area contributed by atoms with Gasteiger partial charge in [0.15, 0.2) is 0 Å². The van der Waals surface area contributed by atoms with Crippen molar-refractivity contribution in [3.63, 3.8) is 0 Å². The number of amides is 1. The molecule has 1 aromatic heterocycles. The molecule has 1 fully saturated rings. The Hall–Kier alpha value is -2.14. The Labute approximate surface area is 131 Å². The first-order valence-corrected chi connectivity index (χ1v) is 7.79. The van der Waals surface area contributed by atoms with Crippen LogP contribution in [0.5, 0.6) is 0 Å². The molecule has 22 heavy (non-hydrogen) atoms. The Bertz CT molecular complexity index is 642. The maximum Gasteiger partial charge on any atom is 0.257 e. The van der Waals surface area contributed by atoms with Crippen molar-refractivity contribution in [1.82, 2.24) is 19.6 Å². The van der Waals surface area contributed by atoms with E-state index in [9.17, 15) is 4.79 Å². The number of carbonyl (C=O) groups excluding carboxylic acids is 1. The van der Waals surface area contributed by atoms with Gasteiger partial charge in [0.2, 0.25) is 0 Å². The van der Waals surface area contributed by atoms with Crippen LogP contribution in [-0.4, -0.2) is 58.2 Å². The van der Waals surface area contributed by atoms with Gasteiger partial charge in [-0.2, -0.15) is 5.10 Å². The van der Waals surface area contributed by atoms with Crippen molar-refractivity contribution in [2.75, 3.05) is 32.7 Å². The number of aryl methyl sites for hydroxylation is 1. The number of hydrogen-bond donors (Lipinski definition) is 0. The van der Waals surface area contributed by atoms with Gasteiger partial charge in [0.1, 0.15) is 0 Å². The maximum atomic E-state index is 12.9. The number of rotatable bonds is 3. The lowest BCUT2D eigenvalue weighted by Gasteiger charge is -2.34. The lowest BCUT2D eigenvalue weighted by atomic mass is 10.1. The topological polar surface area (TPSA) is 41.4 Å². The summed E-state index contributed by atoms with van der Waals surface area (Å²) in [4.78, 5) is 17.2. The smallest absolute Gasteiger partial charge is 0.257 e. The van der Waals surface area contributed by atoms with E-state index in [1.807, 2.05) is 42.3 Å². The molecule has 0 N–H and O–H groups in total. The van der Waals surface area contributed by atoms with E-state index in [2.05, 4.69) is 16.9 Å². The van der Waals surface area contributed by atoms with Crippen LogP contribution in [0.1, 0.15) is 17.3 Å². The number of nitrogens with zero attached hydrogens (tertiary/aromatic N) is 4. The summed E-state index contributed by atoms with van der Waals surface area (Å²) >= 11 is 0. The third-order valence-corrected chi connectivity index (χ3v) is 4.32. The first-order valence-electron chi connectivity index (χ1n) is 7.79. The maximum absolute atomic E-state index is 12.9. The van der Waals surface area contributed by atoms with Gasteiger partial charge in [-0.15, -0.1) is 0 Å². The Balaban J connectivity index is 1.85. The van der Waals surface area contributed by atoms with Crippen molar-refractivity contribution in [1.29, 1.82) is 0 Å². The molecule has 0 unspecified atom stereocenters. The van der Waals surface area contributed by atoms with Gasteiger partial charge in [0.05, 0.1) is 17.5 Å². The Morgan fingerprint density at radius 3 is 2.45 bits per heavy atom. The van der Waals surface area contributed by atoms with Crippen LogP contribution >= 0.6 is 0 Å². The van der Waals surface area contributed by atoms with Crippen molar-refractivity contribution in [3.8, 4) is 11.3 Å². The predicted octanol–water partition coefficient (Wildman–Crippen LogP) is 1.86. The lowest BCUT2D eigenvalue weighted by Crippen LogP contribution is -2.48. The van der Waals surface area contributed by atoms with Crippen LogP contribution in [0.3, 0.4) is 0 Å². The second-order valence-corrected chi connectivity index (χ2v) is 5.62. The number of benzene rings is 1. The van der Waals surface area contributed by atoms with E-state index in [0.29, 0.717) is 5.56 Å². The van der Waals surface area contributed by atoms with Gasteiger partial charge in [0, 0.05) is 38.8 Å². The molecular weight excluding hydrogens is 276 g/mol. The van der Waals surface area contributed by atoms with Crippen LogP contribution in [-0.2, 0) is 7.05 Å². The molecule has 5 nitrogen and oxygen atoms in total. The van der Waals surface area contributed by atoms with E-state index in [-0.39, 0.29) is 5.91 Å². The molecule has 1 amide bonds. The number of likely N-dealkylation sites (N-methyl/N-ethyl adjacent to an activating group) is 1. The highest BCUT2D eigenvalue weighted by molar-refractivity contribution is 6.00. The average molecular weight is 298 g/mol. The zero-order valence-corrected chi connectivity index (χ0v) is 13.2. The average Bonchev–Trinajstić information content (AvgIpc) is 2.96. The highest BCUT2D eigenvalue weighted by Gasteiger charge is 2.25. The highest BCUT2D eigenvalue weighted by atomic mass is 16.2. The van der Waals surface area contributed by atoms with Crippen LogP contribution < -0.4 is 0 Å². The number of piperazine rings is 1. The molecule has 0 radical (unpaired) electrons. The van der Waals surface area contributed by atoms with Crippen molar-refractivity contribution in [3.05, 3.63) is 42.1 Å². The highest BCUT2D eigenvalue weighted by Crippen LogP contribution is 2.24. The Morgan fingerprint density at radius 2 is 1.82 bits per heavy atom. The van der Waals surface area contributed by atoms with E-state index in [4.69, 9.17) is 0 Å². The largest absolute Gasteiger partial charge is 0.336 e. The first-order chi connectivity index (χ1) is 10.7. The zero-order chi connectivity index (χ0) is 15.5. The summed E-state index contributed by atoms with van der Waals surface area (Å²) in [5, 5.41) is 4.30. The second kappa shape index (κ2) is 6.32. The predicted molar refractivity (Wildman–Crippen MR) is 86.7 cm³/mol. The molecule has 1 saturated heterocycles. The molecule has 5 heteroatoms. The van der Waals surface area contributed by atoms with Crippen molar-refractivity contribution < 1.29 is 4.79 Å². The molecule has 2 heterocycles. The van der Waals surface area contributed by atoms with Crippen LogP contribution in [0.15, 0.2) is 36.5 Å². The third-order valence-electron chi connectivity index (χ3n) is 4.32. The summed E-state index contributed by atoms with van der Waals surface area (Å²) in [5.74, 6) is 0.0858. The Kier molecular flexibility index (Phi) is 4.24. The minimum Gasteiger partial charge on any atom is -0.336 e. The van der Waals surface area contributed by atoms with E-state index in [1.54, 1.807) is 10.9 Å². The van der Waals surface area contributed by atoms with Crippen LogP contribution in [0.25, 0.3) is 11.3 Å². The molecule has 0 aliphatic carbocycles. The molecular formula is C17H22N4O. The molecule has 3 rings (SSSR count). The molecule has 2 aromatic rings. The van der Waals surface area contributed by atoms with Crippen molar-refractivity contribution >= 4 is 5.91 Å². The van der Waals surface area contributed by atoms with Gasteiger partial charge < -0.3 is 9.80 Å². The fraction of sp³-hybridized carbons (Fsp3) is 0.412. The van der Waals surface area contributed by atoms with Crippen LogP contribution in [0, 0.1) is 0 Å². The summed E-state index contributed by atoms with van der Waals surface area (Å²) in [6, 6.07) is 9.98. The molecule has 1 aliphatic rings. The summed E-state index contributed by atoms with van der Waals surface area (Å²) in [6.07, 6.45) is 1.69. The summed E-state index contributed by atoms with van der Waals surface area (Å²) < 4.78 is 1.78. The molecule has 0 atom stereocenters. The van der Waals surface area contributed by atoms with Gasteiger partial charge in [-0.25, -0.2) is 0 Å². The van der Waals surface area contributed by atoms with E-state index in [1.165, 1.54) is 0 Å². The standard InChI is InChI=1S/C17H22N4O/c1-3-20-9-11-21(12-10-20)17(22)15-13-18-19(2)16(15)14-7-5-4-6-8-14/h4-8,13H,3,9-12H2,1-2H3. The van der Waals surface area contributed by atoms with Gasteiger partial charge >= 0.3 is 0 Å². The van der Waals surface area contributed by atoms with Gasteiger partial charge in [0.25, 0.3) is 5.91 Å². The minimum atomic E-state index is 0.0858. The fourth-order valence-corrected chi connectivity index (χ4v) is 2.97. The minimum absolute atomic E-state index is 0.0858. The van der Waals surface area contributed by atoms with Gasteiger partial charge in [-0.3, -0.25) is 9.48 Å². The molecule has 116 valence electrons. The first kappa shape index (κ1) is 14.8. The van der Waals surface area contributed by atoms with Crippen molar-refractivity contribution in [2.45, 2.75) is 6.92 Å². The van der Waals surface area contributed by atoms with Crippen LogP contribution in [0.4, 0.5) is 0 Å². The lowest BCUT2D eigenvalue weighted by molar-refractivity contribution is 0.0644. The molecule has 0 spiro atoms. The number of hydrogen-bond acceptors (Lipinski definition) is 3. The fourth-order valence-electron chi connectivity index (χ4n) is 2.97. The van der Waals surface area contributed by atoms with E-state index < -0.39 is 0 Å². The quantitative estimate of drug-likeness (QED) is 0.868. The molecule has 0 bridgehead atoms. The summed E-state index contributed by atoms with van der Waals surface area (Å²) in [5.41, 5.74) is 2.61. The Morgan fingerprint density at radius 1 is 1.14 bits per heavy atom. The molecule has 1 aromatic carbocycles. The summed E-state index contributed by atoms with van der Waals surface area (Å²) in [6.45, 7) is 6.67.